The fraction of sp³-hybridized carbons (Fsp3) is 0.857. The van der Waals surface area contributed by atoms with Crippen LogP contribution in [0.2, 0.25) is 0 Å². The van der Waals surface area contributed by atoms with Crippen molar-refractivity contribution in [1.29, 1.82) is 0 Å². The topological polar surface area (TPSA) is 64.8 Å². The molecule has 0 aromatic heterocycles. The summed E-state index contributed by atoms with van der Waals surface area (Å²) in [5.74, 6) is 0. The highest BCUT2D eigenvalue weighted by atomic mass is 19.4. The van der Waals surface area contributed by atoms with Crippen LogP contribution in [0.15, 0.2) is 0 Å². The molecule has 0 saturated carbocycles. The Bertz CT molecular complexity index is 234. The summed E-state index contributed by atoms with van der Waals surface area (Å²) in [6.07, 6.45) is -5.56. The molecule has 1 unspecified atom stereocenters. The van der Waals surface area contributed by atoms with E-state index in [9.17, 15) is 18.0 Å². The Balaban J connectivity index is 2.25. The Labute approximate surface area is 83.9 Å². The molecule has 88 valence electrons. The monoisotopic (exact) mass is 228 g/mol. The molecule has 5 nitrogen and oxygen atoms in total. The first kappa shape index (κ1) is 12.1. The van der Waals surface area contributed by atoms with E-state index < -0.39 is 31.7 Å². The standard InChI is InChI=1S/C7H11F3N2O3/c8-7(9,10)3-14-4-12-2-5(1-11)15-6(12)13/h5H,1-4,11H2. The van der Waals surface area contributed by atoms with Gasteiger partial charge < -0.3 is 15.2 Å². The number of amides is 1. The lowest BCUT2D eigenvalue weighted by molar-refractivity contribution is -0.180. The van der Waals surface area contributed by atoms with E-state index in [-0.39, 0.29) is 13.1 Å². The number of ether oxygens (including phenoxy) is 2. The van der Waals surface area contributed by atoms with Gasteiger partial charge in [0.1, 0.15) is 19.4 Å². The average molecular weight is 228 g/mol. The van der Waals surface area contributed by atoms with Crippen LogP contribution in [-0.2, 0) is 9.47 Å². The van der Waals surface area contributed by atoms with Gasteiger partial charge in [-0.05, 0) is 0 Å². The van der Waals surface area contributed by atoms with Gasteiger partial charge in [0.25, 0.3) is 0 Å². The van der Waals surface area contributed by atoms with Gasteiger partial charge in [0.2, 0.25) is 0 Å². The van der Waals surface area contributed by atoms with E-state index in [1.165, 1.54) is 0 Å². The summed E-state index contributed by atoms with van der Waals surface area (Å²) in [5.41, 5.74) is 5.23. The molecule has 15 heavy (non-hydrogen) atoms. The van der Waals surface area contributed by atoms with Crippen LogP contribution in [-0.4, -0.2) is 49.7 Å². The molecule has 1 aliphatic rings. The summed E-state index contributed by atoms with van der Waals surface area (Å²) in [7, 11) is 0. The van der Waals surface area contributed by atoms with Gasteiger partial charge in [0.15, 0.2) is 0 Å². The van der Waals surface area contributed by atoms with Crippen LogP contribution in [0, 0.1) is 0 Å². The fourth-order valence-electron chi connectivity index (χ4n) is 1.07. The molecule has 1 rings (SSSR count). The molecule has 2 N–H and O–H groups in total. The summed E-state index contributed by atoms with van der Waals surface area (Å²) in [4.78, 5) is 12.0. The lowest BCUT2D eigenvalue weighted by atomic mass is 10.4. The molecule has 0 bridgehead atoms. The predicted molar refractivity (Wildman–Crippen MR) is 42.9 cm³/mol. The first-order valence-corrected chi connectivity index (χ1v) is 4.22. The van der Waals surface area contributed by atoms with Crippen molar-refractivity contribution < 1.29 is 27.4 Å². The SMILES string of the molecule is NCC1CN(COCC(F)(F)F)C(=O)O1. The van der Waals surface area contributed by atoms with E-state index in [0.717, 1.165) is 4.90 Å². The van der Waals surface area contributed by atoms with Crippen LogP contribution < -0.4 is 5.73 Å². The zero-order valence-corrected chi connectivity index (χ0v) is 7.79. The van der Waals surface area contributed by atoms with Crippen LogP contribution in [0.1, 0.15) is 0 Å². The third-order valence-corrected chi connectivity index (χ3v) is 1.73. The van der Waals surface area contributed by atoms with Crippen molar-refractivity contribution in [3.8, 4) is 0 Å². The van der Waals surface area contributed by atoms with Crippen LogP contribution in [0.5, 0.6) is 0 Å². The van der Waals surface area contributed by atoms with Crippen molar-refractivity contribution in [2.75, 3.05) is 26.4 Å². The van der Waals surface area contributed by atoms with Crippen molar-refractivity contribution in [3.05, 3.63) is 0 Å². The minimum absolute atomic E-state index is 0.140. The highest BCUT2D eigenvalue weighted by molar-refractivity contribution is 5.69. The molecule has 1 aliphatic heterocycles. The summed E-state index contributed by atoms with van der Waals surface area (Å²) in [6.45, 7) is -1.52. The number of hydrogen-bond donors (Lipinski definition) is 1. The third kappa shape index (κ3) is 3.92. The number of rotatable bonds is 4. The molecule has 0 aromatic carbocycles. The number of halogens is 3. The quantitative estimate of drug-likeness (QED) is 0.751. The van der Waals surface area contributed by atoms with Crippen LogP contribution in [0.25, 0.3) is 0 Å². The van der Waals surface area contributed by atoms with Crippen LogP contribution >= 0.6 is 0 Å². The highest BCUT2D eigenvalue weighted by Crippen LogP contribution is 2.15. The number of cyclic esters (lactones) is 1. The van der Waals surface area contributed by atoms with Gasteiger partial charge in [0, 0.05) is 6.54 Å². The molecule has 0 aromatic rings. The first-order chi connectivity index (χ1) is 6.92. The Morgan fingerprint density at radius 3 is 2.73 bits per heavy atom. The Morgan fingerprint density at radius 2 is 2.27 bits per heavy atom. The fourth-order valence-corrected chi connectivity index (χ4v) is 1.07. The summed E-state index contributed by atoms with van der Waals surface area (Å²) in [5, 5.41) is 0. The minimum Gasteiger partial charge on any atom is -0.443 e. The number of alkyl halides is 3. The van der Waals surface area contributed by atoms with E-state index in [0.29, 0.717) is 0 Å². The van der Waals surface area contributed by atoms with E-state index in [2.05, 4.69) is 4.74 Å². The molecule has 0 aliphatic carbocycles. The number of hydrogen-bond acceptors (Lipinski definition) is 4. The van der Waals surface area contributed by atoms with Crippen LogP contribution in [0.3, 0.4) is 0 Å². The largest absolute Gasteiger partial charge is 0.443 e. The molecule has 1 amide bonds. The highest BCUT2D eigenvalue weighted by Gasteiger charge is 2.32. The van der Waals surface area contributed by atoms with Crippen molar-refractivity contribution in [3.63, 3.8) is 0 Å². The summed E-state index contributed by atoms with van der Waals surface area (Å²) >= 11 is 0. The maximum Gasteiger partial charge on any atom is 0.412 e. The second-order valence-electron chi connectivity index (χ2n) is 3.06. The first-order valence-electron chi connectivity index (χ1n) is 4.22. The lowest BCUT2D eigenvalue weighted by Crippen LogP contribution is -2.31. The normalized spacial score (nSPS) is 22.0. The Morgan fingerprint density at radius 1 is 1.60 bits per heavy atom. The van der Waals surface area contributed by atoms with Crippen LogP contribution in [0.4, 0.5) is 18.0 Å². The summed E-state index contributed by atoms with van der Waals surface area (Å²) < 4.78 is 44.1. The molecular formula is C7H11F3N2O3. The molecule has 0 spiro atoms. The Kier molecular flexibility index (Phi) is 3.75. The maximum atomic E-state index is 11.7. The van der Waals surface area contributed by atoms with E-state index >= 15 is 0 Å². The van der Waals surface area contributed by atoms with E-state index in [1.54, 1.807) is 0 Å². The lowest BCUT2D eigenvalue weighted by Gasteiger charge is -2.13. The second kappa shape index (κ2) is 4.67. The third-order valence-electron chi connectivity index (χ3n) is 1.73. The van der Waals surface area contributed by atoms with Gasteiger partial charge in [-0.2, -0.15) is 13.2 Å². The maximum absolute atomic E-state index is 11.7. The second-order valence-corrected chi connectivity index (χ2v) is 3.06. The van der Waals surface area contributed by atoms with Gasteiger partial charge in [0.05, 0.1) is 6.54 Å². The number of carbonyl (C=O) groups is 1. The molecule has 1 saturated heterocycles. The molecule has 1 fully saturated rings. The number of carbonyl (C=O) groups excluding carboxylic acids is 1. The molecule has 0 radical (unpaired) electrons. The zero-order chi connectivity index (χ0) is 11.5. The molecule has 1 atom stereocenters. The number of nitrogens with two attached hydrogens (primary N) is 1. The molecule has 1 heterocycles. The van der Waals surface area contributed by atoms with E-state index in [1.807, 2.05) is 0 Å². The van der Waals surface area contributed by atoms with Crippen molar-refractivity contribution in [1.82, 2.24) is 4.90 Å². The van der Waals surface area contributed by atoms with E-state index in [4.69, 9.17) is 10.5 Å². The molecular weight excluding hydrogens is 217 g/mol. The van der Waals surface area contributed by atoms with Crippen molar-refractivity contribution in [2.45, 2.75) is 12.3 Å². The predicted octanol–water partition coefficient (Wildman–Crippen LogP) is 0.302. The summed E-state index contributed by atoms with van der Waals surface area (Å²) in [6, 6.07) is 0. The number of nitrogens with zero attached hydrogens (tertiary/aromatic N) is 1. The van der Waals surface area contributed by atoms with Gasteiger partial charge in [-0.1, -0.05) is 0 Å². The van der Waals surface area contributed by atoms with Gasteiger partial charge in [-0.15, -0.1) is 0 Å². The minimum atomic E-state index is -4.39. The van der Waals surface area contributed by atoms with Gasteiger partial charge in [-0.3, -0.25) is 4.90 Å². The average Bonchev–Trinajstić information content (AvgIpc) is 2.45. The van der Waals surface area contributed by atoms with Crippen molar-refractivity contribution in [2.24, 2.45) is 5.73 Å². The van der Waals surface area contributed by atoms with Gasteiger partial charge in [-0.25, -0.2) is 4.79 Å². The Hall–Kier alpha value is -1.02. The van der Waals surface area contributed by atoms with Gasteiger partial charge >= 0.3 is 12.3 Å². The molecule has 8 heteroatoms. The van der Waals surface area contributed by atoms with Crippen molar-refractivity contribution >= 4 is 6.09 Å². The smallest absolute Gasteiger partial charge is 0.412 e. The zero-order valence-electron chi connectivity index (χ0n) is 7.79.